The molecule has 9 heteroatoms. The van der Waals surface area contributed by atoms with Crippen molar-refractivity contribution in [2.75, 3.05) is 11.9 Å². The predicted octanol–water partition coefficient (Wildman–Crippen LogP) is 2.92. The number of carbonyl (C=O) groups is 2. The first-order chi connectivity index (χ1) is 11.3. The first-order valence-corrected chi connectivity index (χ1v) is 7.83. The van der Waals surface area contributed by atoms with Crippen LogP contribution in [0.25, 0.3) is 0 Å². The number of aryl methyl sites for hydroxylation is 1. The molecule has 0 fully saturated rings. The van der Waals surface area contributed by atoms with Crippen molar-refractivity contribution in [3.63, 3.8) is 0 Å². The Kier molecular flexibility index (Phi) is 5.80. The van der Waals surface area contributed by atoms with E-state index >= 15 is 0 Å². The molecule has 1 heterocycles. The SMILES string of the molecule is Cc1nc(NC(=O)NCCC(=O)O)sc1Cc1ccc(F)cc1F. The van der Waals surface area contributed by atoms with E-state index in [4.69, 9.17) is 5.11 Å². The van der Waals surface area contributed by atoms with Gasteiger partial charge in [-0.25, -0.2) is 18.6 Å². The van der Waals surface area contributed by atoms with Gasteiger partial charge in [0.1, 0.15) is 11.6 Å². The van der Waals surface area contributed by atoms with E-state index in [0.29, 0.717) is 16.4 Å². The van der Waals surface area contributed by atoms with Crippen molar-refractivity contribution in [1.29, 1.82) is 0 Å². The molecule has 0 radical (unpaired) electrons. The lowest BCUT2D eigenvalue weighted by Crippen LogP contribution is -2.30. The first kappa shape index (κ1) is 17.8. The average Bonchev–Trinajstić information content (AvgIpc) is 2.81. The van der Waals surface area contributed by atoms with Gasteiger partial charge < -0.3 is 10.4 Å². The van der Waals surface area contributed by atoms with Crippen molar-refractivity contribution in [2.24, 2.45) is 0 Å². The predicted molar refractivity (Wildman–Crippen MR) is 85.3 cm³/mol. The number of carboxylic acids is 1. The summed E-state index contributed by atoms with van der Waals surface area (Å²) in [5.41, 5.74) is 0.963. The van der Waals surface area contributed by atoms with E-state index in [1.807, 2.05) is 0 Å². The Labute approximate surface area is 140 Å². The van der Waals surface area contributed by atoms with Crippen LogP contribution in [-0.2, 0) is 11.2 Å². The molecule has 0 saturated heterocycles. The van der Waals surface area contributed by atoms with Gasteiger partial charge in [0.25, 0.3) is 0 Å². The second-order valence-electron chi connectivity index (χ2n) is 4.96. The van der Waals surface area contributed by atoms with Crippen molar-refractivity contribution in [2.45, 2.75) is 19.8 Å². The summed E-state index contributed by atoms with van der Waals surface area (Å²) < 4.78 is 26.6. The molecule has 0 atom stereocenters. The van der Waals surface area contributed by atoms with E-state index in [1.54, 1.807) is 6.92 Å². The highest BCUT2D eigenvalue weighted by molar-refractivity contribution is 7.15. The number of aromatic nitrogens is 1. The van der Waals surface area contributed by atoms with Gasteiger partial charge in [0, 0.05) is 23.9 Å². The van der Waals surface area contributed by atoms with Gasteiger partial charge in [-0.2, -0.15) is 0 Å². The minimum Gasteiger partial charge on any atom is -0.481 e. The molecular formula is C15H15F2N3O3S. The topological polar surface area (TPSA) is 91.3 Å². The molecule has 0 aliphatic rings. The molecule has 0 bridgehead atoms. The Bertz CT molecular complexity index is 764. The minimum atomic E-state index is -1.01. The third kappa shape index (κ3) is 4.98. The minimum absolute atomic E-state index is 0.000822. The van der Waals surface area contributed by atoms with Crippen LogP contribution in [-0.4, -0.2) is 28.6 Å². The normalized spacial score (nSPS) is 10.5. The zero-order valence-corrected chi connectivity index (χ0v) is 13.5. The molecule has 0 saturated carbocycles. The fraction of sp³-hybridized carbons (Fsp3) is 0.267. The molecule has 128 valence electrons. The fourth-order valence-corrected chi connectivity index (χ4v) is 2.89. The quantitative estimate of drug-likeness (QED) is 0.743. The Morgan fingerprint density at radius 1 is 1.33 bits per heavy atom. The van der Waals surface area contributed by atoms with Gasteiger partial charge in [-0.05, 0) is 18.6 Å². The summed E-state index contributed by atoms with van der Waals surface area (Å²) in [6.45, 7) is 1.72. The van der Waals surface area contributed by atoms with E-state index in [2.05, 4.69) is 15.6 Å². The van der Waals surface area contributed by atoms with Crippen LogP contribution < -0.4 is 10.6 Å². The van der Waals surface area contributed by atoms with Crippen LogP contribution in [0.4, 0.5) is 18.7 Å². The molecule has 0 aliphatic carbocycles. The largest absolute Gasteiger partial charge is 0.481 e. The zero-order valence-electron chi connectivity index (χ0n) is 12.7. The van der Waals surface area contributed by atoms with Crippen LogP contribution in [0, 0.1) is 18.6 Å². The number of benzene rings is 1. The number of hydrogen-bond donors (Lipinski definition) is 3. The summed E-state index contributed by atoms with van der Waals surface area (Å²) >= 11 is 1.18. The van der Waals surface area contributed by atoms with Crippen LogP contribution in [0.3, 0.4) is 0 Å². The van der Waals surface area contributed by atoms with Gasteiger partial charge in [0.2, 0.25) is 0 Å². The molecule has 1 aromatic heterocycles. The lowest BCUT2D eigenvalue weighted by Gasteiger charge is -2.03. The second-order valence-corrected chi connectivity index (χ2v) is 6.05. The van der Waals surface area contributed by atoms with Crippen LogP contribution >= 0.6 is 11.3 Å². The van der Waals surface area contributed by atoms with Crippen molar-refractivity contribution >= 4 is 28.5 Å². The molecule has 0 aliphatic heterocycles. The Morgan fingerprint density at radius 3 is 2.75 bits per heavy atom. The van der Waals surface area contributed by atoms with E-state index in [9.17, 15) is 18.4 Å². The standard InChI is InChI=1S/C15H15F2N3O3S/c1-8-12(6-9-2-3-10(16)7-11(9)17)24-15(19-8)20-14(23)18-5-4-13(21)22/h2-3,7H,4-6H2,1H3,(H,21,22)(H2,18,19,20,23). The van der Waals surface area contributed by atoms with Crippen LogP contribution in [0.1, 0.15) is 22.6 Å². The summed E-state index contributed by atoms with van der Waals surface area (Å²) in [7, 11) is 0. The smallest absolute Gasteiger partial charge is 0.321 e. The molecular weight excluding hydrogens is 340 g/mol. The average molecular weight is 355 g/mol. The number of carboxylic acid groups (broad SMARTS) is 1. The molecule has 1 aromatic carbocycles. The Morgan fingerprint density at radius 2 is 2.08 bits per heavy atom. The number of nitrogens with zero attached hydrogens (tertiary/aromatic N) is 1. The number of urea groups is 1. The number of nitrogens with one attached hydrogen (secondary N) is 2. The number of aliphatic carboxylic acids is 1. The Hall–Kier alpha value is -2.55. The van der Waals surface area contributed by atoms with Gasteiger partial charge in [-0.1, -0.05) is 6.07 Å². The van der Waals surface area contributed by atoms with Crippen molar-refractivity contribution in [3.8, 4) is 0 Å². The Balaban J connectivity index is 1.99. The van der Waals surface area contributed by atoms with Gasteiger partial charge in [-0.3, -0.25) is 10.1 Å². The number of hydrogen-bond acceptors (Lipinski definition) is 4. The number of carbonyl (C=O) groups excluding carboxylic acids is 1. The number of thiazole rings is 1. The van der Waals surface area contributed by atoms with Crippen LogP contribution in [0.15, 0.2) is 18.2 Å². The molecule has 24 heavy (non-hydrogen) atoms. The summed E-state index contributed by atoms with van der Waals surface area (Å²) in [5.74, 6) is -2.29. The third-order valence-corrected chi connectivity index (χ3v) is 4.18. The number of anilines is 1. The second kappa shape index (κ2) is 7.82. The first-order valence-electron chi connectivity index (χ1n) is 7.02. The van der Waals surface area contributed by atoms with E-state index < -0.39 is 23.6 Å². The molecule has 6 nitrogen and oxygen atoms in total. The summed E-state index contributed by atoms with van der Waals surface area (Å²) in [5, 5.41) is 13.7. The maximum absolute atomic E-state index is 13.7. The monoisotopic (exact) mass is 355 g/mol. The highest BCUT2D eigenvalue weighted by atomic mass is 32.1. The van der Waals surface area contributed by atoms with E-state index in [-0.39, 0.29) is 19.4 Å². The molecule has 3 N–H and O–H groups in total. The highest BCUT2D eigenvalue weighted by Crippen LogP contribution is 2.26. The molecule has 2 aromatic rings. The molecule has 2 rings (SSSR count). The zero-order chi connectivity index (χ0) is 17.7. The maximum Gasteiger partial charge on any atom is 0.321 e. The van der Waals surface area contributed by atoms with Gasteiger partial charge in [-0.15, -0.1) is 11.3 Å². The summed E-state index contributed by atoms with van der Waals surface area (Å²) in [4.78, 5) is 26.9. The lowest BCUT2D eigenvalue weighted by molar-refractivity contribution is -0.136. The molecule has 0 spiro atoms. The van der Waals surface area contributed by atoms with Crippen molar-refractivity contribution < 1.29 is 23.5 Å². The number of halogens is 2. The number of amides is 2. The lowest BCUT2D eigenvalue weighted by atomic mass is 10.1. The number of rotatable bonds is 6. The summed E-state index contributed by atoms with van der Waals surface area (Å²) in [6, 6.07) is 2.81. The molecule has 0 unspecified atom stereocenters. The van der Waals surface area contributed by atoms with Gasteiger partial charge in [0.05, 0.1) is 12.1 Å². The van der Waals surface area contributed by atoms with Crippen LogP contribution in [0.2, 0.25) is 0 Å². The summed E-state index contributed by atoms with van der Waals surface area (Å²) in [6.07, 6.45) is 0.0529. The molecule has 2 amide bonds. The maximum atomic E-state index is 13.7. The van der Waals surface area contributed by atoms with Crippen molar-refractivity contribution in [3.05, 3.63) is 46.0 Å². The van der Waals surface area contributed by atoms with E-state index in [0.717, 1.165) is 10.9 Å². The third-order valence-electron chi connectivity index (χ3n) is 3.10. The fourth-order valence-electron chi connectivity index (χ4n) is 1.91. The van der Waals surface area contributed by atoms with Crippen LogP contribution in [0.5, 0.6) is 0 Å². The van der Waals surface area contributed by atoms with Crippen molar-refractivity contribution in [1.82, 2.24) is 10.3 Å². The van der Waals surface area contributed by atoms with E-state index in [1.165, 1.54) is 23.5 Å². The van der Waals surface area contributed by atoms with Gasteiger partial charge >= 0.3 is 12.0 Å². The highest BCUT2D eigenvalue weighted by Gasteiger charge is 2.13. The van der Waals surface area contributed by atoms with Gasteiger partial charge in [0.15, 0.2) is 5.13 Å².